The van der Waals surface area contributed by atoms with Gasteiger partial charge in [-0.05, 0) is 18.2 Å². The van der Waals surface area contributed by atoms with Gasteiger partial charge < -0.3 is 0 Å². The van der Waals surface area contributed by atoms with Gasteiger partial charge in [-0.1, -0.05) is 6.07 Å². The van der Waals surface area contributed by atoms with Crippen molar-refractivity contribution in [1.29, 1.82) is 0 Å². The van der Waals surface area contributed by atoms with Crippen LogP contribution < -0.4 is 0 Å². The molecule has 0 aliphatic carbocycles. The van der Waals surface area contributed by atoms with E-state index >= 15 is 0 Å². The lowest BCUT2D eigenvalue weighted by molar-refractivity contribution is -0.385. The van der Waals surface area contributed by atoms with Crippen LogP contribution in [0.3, 0.4) is 0 Å². The predicted molar refractivity (Wildman–Crippen MR) is 62.9 cm³/mol. The Morgan fingerprint density at radius 2 is 2.11 bits per heavy atom. The van der Waals surface area contributed by atoms with Gasteiger partial charge in [0.25, 0.3) is 5.69 Å². The molecule has 0 bridgehead atoms. The highest BCUT2D eigenvalue weighted by Crippen LogP contribution is 2.16. The van der Waals surface area contributed by atoms with Gasteiger partial charge in [-0.15, -0.1) is 5.10 Å². The lowest BCUT2D eigenvalue weighted by Crippen LogP contribution is -1.93. The molecule has 3 heterocycles. The first kappa shape index (κ1) is 10.3. The molecule has 0 spiro atoms. The number of fused-ring (bicyclic) bond motifs is 1. The third-order valence-electron chi connectivity index (χ3n) is 2.42. The first-order valence-corrected chi connectivity index (χ1v) is 5.16. The summed E-state index contributed by atoms with van der Waals surface area (Å²) >= 11 is 0. The summed E-state index contributed by atoms with van der Waals surface area (Å²) < 4.78 is 1.38. The second kappa shape index (κ2) is 3.88. The molecule has 3 aromatic heterocycles. The van der Waals surface area contributed by atoms with Crippen LogP contribution in [-0.2, 0) is 0 Å². The van der Waals surface area contributed by atoms with E-state index in [2.05, 4.69) is 15.1 Å². The van der Waals surface area contributed by atoms with Gasteiger partial charge in [-0.2, -0.15) is 0 Å². The number of aromatic nitrogens is 4. The van der Waals surface area contributed by atoms with Crippen LogP contribution in [0.25, 0.3) is 17.2 Å². The Morgan fingerprint density at radius 1 is 1.22 bits per heavy atom. The molecule has 7 nitrogen and oxygen atoms in total. The monoisotopic (exact) mass is 241 g/mol. The van der Waals surface area contributed by atoms with Crippen molar-refractivity contribution in [2.75, 3.05) is 0 Å². The van der Waals surface area contributed by atoms with Gasteiger partial charge in [0.1, 0.15) is 11.9 Å². The smallest absolute Gasteiger partial charge is 0.258 e. The second-order valence-electron chi connectivity index (χ2n) is 3.60. The Labute approximate surface area is 101 Å². The van der Waals surface area contributed by atoms with Gasteiger partial charge in [-0.25, -0.2) is 9.50 Å². The van der Waals surface area contributed by atoms with E-state index in [1.165, 1.54) is 16.8 Å². The number of pyridine rings is 2. The minimum absolute atomic E-state index is 0.0278. The van der Waals surface area contributed by atoms with E-state index < -0.39 is 4.92 Å². The quantitative estimate of drug-likeness (QED) is 0.503. The Kier molecular flexibility index (Phi) is 2.23. The molecule has 7 heteroatoms. The van der Waals surface area contributed by atoms with E-state index in [0.29, 0.717) is 17.2 Å². The highest BCUT2D eigenvalue weighted by molar-refractivity contribution is 5.54. The van der Waals surface area contributed by atoms with E-state index in [9.17, 15) is 10.1 Å². The molecule has 0 N–H and O–H groups in total. The van der Waals surface area contributed by atoms with Crippen molar-refractivity contribution in [3.63, 3.8) is 0 Å². The van der Waals surface area contributed by atoms with Crippen LogP contribution >= 0.6 is 0 Å². The molecule has 0 saturated carbocycles. The normalized spacial score (nSPS) is 10.7. The highest BCUT2D eigenvalue weighted by atomic mass is 16.6. The molecule has 0 unspecified atom stereocenters. The fourth-order valence-electron chi connectivity index (χ4n) is 1.58. The minimum Gasteiger partial charge on any atom is -0.258 e. The van der Waals surface area contributed by atoms with Crippen molar-refractivity contribution in [3.05, 3.63) is 52.8 Å². The third kappa shape index (κ3) is 1.67. The lowest BCUT2D eigenvalue weighted by atomic mass is 10.3. The molecule has 0 aromatic carbocycles. The molecule has 18 heavy (non-hydrogen) atoms. The number of nitrogens with zero attached hydrogens (tertiary/aromatic N) is 5. The molecule has 0 aliphatic heterocycles. The van der Waals surface area contributed by atoms with E-state index in [4.69, 9.17) is 0 Å². The second-order valence-corrected chi connectivity index (χ2v) is 3.60. The lowest BCUT2D eigenvalue weighted by Gasteiger charge is -1.91. The molecule has 0 atom stereocenters. The van der Waals surface area contributed by atoms with Gasteiger partial charge in [0, 0.05) is 12.3 Å². The molecule has 0 fully saturated rings. The summed E-state index contributed by atoms with van der Waals surface area (Å²) in [5.74, 6) is 0.441. The van der Waals surface area contributed by atoms with Crippen LogP contribution in [0, 0.1) is 10.1 Å². The Bertz CT molecular complexity index is 723. The number of hydrogen-bond acceptors (Lipinski definition) is 5. The molecule has 0 aliphatic rings. The number of rotatable bonds is 2. The van der Waals surface area contributed by atoms with Gasteiger partial charge in [0.2, 0.25) is 5.82 Å². The van der Waals surface area contributed by atoms with E-state index in [-0.39, 0.29) is 5.69 Å². The van der Waals surface area contributed by atoms with Crippen LogP contribution in [-0.4, -0.2) is 24.5 Å². The van der Waals surface area contributed by atoms with Crippen LogP contribution in [0.2, 0.25) is 0 Å². The molecule has 88 valence electrons. The fourth-order valence-corrected chi connectivity index (χ4v) is 1.58. The van der Waals surface area contributed by atoms with Crippen molar-refractivity contribution >= 4 is 11.3 Å². The molecule has 0 amide bonds. The van der Waals surface area contributed by atoms with Gasteiger partial charge >= 0.3 is 0 Å². The average molecular weight is 241 g/mol. The van der Waals surface area contributed by atoms with Crippen molar-refractivity contribution in [1.82, 2.24) is 19.6 Å². The van der Waals surface area contributed by atoms with Gasteiger partial charge in [0.15, 0.2) is 5.65 Å². The Morgan fingerprint density at radius 3 is 2.83 bits per heavy atom. The summed E-state index contributed by atoms with van der Waals surface area (Å²) in [5, 5.41) is 14.8. The fraction of sp³-hybridized carbons (Fsp3) is 0. The van der Waals surface area contributed by atoms with Crippen LogP contribution in [0.5, 0.6) is 0 Å². The average Bonchev–Trinajstić information content (AvgIpc) is 2.82. The predicted octanol–water partition coefficient (Wildman–Crippen LogP) is 1.70. The van der Waals surface area contributed by atoms with Crippen LogP contribution in [0.1, 0.15) is 0 Å². The summed E-state index contributed by atoms with van der Waals surface area (Å²) in [4.78, 5) is 18.6. The zero-order valence-electron chi connectivity index (χ0n) is 9.09. The number of hydrogen-bond donors (Lipinski definition) is 0. The van der Waals surface area contributed by atoms with Gasteiger partial charge in [-0.3, -0.25) is 15.1 Å². The maximum atomic E-state index is 10.7. The molecular weight excluding hydrogens is 234 g/mol. The molecular formula is C11H7N5O2. The van der Waals surface area contributed by atoms with E-state index in [1.807, 2.05) is 6.07 Å². The molecule has 3 aromatic rings. The number of nitro groups is 1. The topological polar surface area (TPSA) is 86.2 Å². The maximum Gasteiger partial charge on any atom is 0.287 e. The maximum absolute atomic E-state index is 10.7. The summed E-state index contributed by atoms with van der Waals surface area (Å²) in [7, 11) is 0. The summed E-state index contributed by atoms with van der Waals surface area (Å²) in [6.07, 6.45) is 2.97. The zero-order valence-corrected chi connectivity index (χ0v) is 9.09. The summed E-state index contributed by atoms with van der Waals surface area (Å²) in [6.45, 7) is 0. The van der Waals surface area contributed by atoms with Crippen molar-refractivity contribution in [3.8, 4) is 11.5 Å². The Hall–Kier alpha value is -2.83. The summed E-state index contributed by atoms with van der Waals surface area (Å²) in [5.41, 5.74) is 1.14. The third-order valence-corrected chi connectivity index (χ3v) is 2.42. The largest absolute Gasteiger partial charge is 0.287 e. The molecule has 0 radical (unpaired) electrons. The first-order chi connectivity index (χ1) is 8.74. The SMILES string of the molecule is O=[N+]([O-])c1ccc2nc(-c3ccccn3)nn2c1. The van der Waals surface area contributed by atoms with Crippen molar-refractivity contribution in [2.45, 2.75) is 0 Å². The van der Waals surface area contributed by atoms with E-state index in [1.54, 1.807) is 24.4 Å². The standard InChI is InChI=1S/C11H7N5O2/c17-16(18)8-4-5-10-13-11(14-15(10)7-8)9-3-1-2-6-12-9/h1-7H. The van der Waals surface area contributed by atoms with Crippen molar-refractivity contribution < 1.29 is 4.92 Å². The minimum atomic E-state index is -0.471. The van der Waals surface area contributed by atoms with Crippen molar-refractivity contribution in [2.24, 2.45) is 0 Å². The Balaban J connectivity index is 2.14. The first-order valence-electron chi connectivity index (χ1n) is 5.16. The van der Waals surface area contributed by atoms with Crippen LogP contribution in [0.15, 0.2) is 42.7 Å². The molecule has 0 saturated heterocycles. The van der Waals surface area contributed by atoms with E-state index in [0.717, 1.165) is 0 Å². The zero-order chi connectivity index (χ0) is 12.5. The summed E-state index contributed by atoms with van der Waals surface area (Å²) in [6, 6.07) is 8.35. The van der Waals surface area contributed by atoms with Crippen LogP contribution in [0.4, 0.5) is 5.69 Å². The highest BCUT2D eigenvalue weighted by Gasteiger charge is 2.11. The van der Waals surface area contributed by atoms with Gasteiger partial charge in [0.05, 0.1) is 4.92 Å². The molecule has 3 rings (SSSR count).